The lowest BCUT2D eigenvalue weighted by molar-refractivity contribution is 0.0248. The minimum Gasteiger partial charge on any atom is -0.759 e. The van der Waals surface area contributed by atoms with E-state index in [-0.39, 0.29) is 11.6 Å². The molecule has 8 nitrogen and oxygen atoms in total. The van der Waals surface area contributed by atoms with Crippen LogP contribution in [0.25, 0.3) is 0 Å². The van der Waals surface area contributed by atoms with E-state index in [9.17, 15) is 19.8 Å². The molecular weight excluding hydrogens is 1060 g/mol. The van der Waals surface area contributed by atoms with Crippen LogP contribution >= 0.6 is 14.5 Å². The molecule has 0 radical (unpaired) electrons. The van der Waals surface area contributed by atoms with Gasteiger partial charge in [0.05, 0.1) is 12.3 Å². The van der Waals surface area contributed by atoms with Gasteiger partial charge in [0, 0.05) is 21.5 Å². The summed E-state index contributed by atoms with van der Waals surface area (Å²) < 4.78 is 34.1. The first kappa shape index (κ1) is 59.3. The number of ketones is 2. The quantitative estimate of drug-likeness (QED) is 0.0331. The van der Waals surface area contributed by atoms with Crippen molar-refractivity contribution in [3.8, 4) is 0 Å². The van der Waals surface area contributed by atoms with Gasteiger partial charge in [-0.25, -0.2) is 0 Å². The molecule has 0 aliphatic carbocycles. The predicted molar refractivity (Wildman–Crippen MR) is 331 cm³/mol. The number of hydrogen-bond donors (Lipinski definition) is 2. The van der Waals surface area contributed by atoms with E-state index in [4.69, 9.17) is 17.5 Å². The maximum Gasteiger partial charge on any atom is 0.198 e. The van der Waals surface area contributed by atoms with E-state index in [0.29, 0.717) is 47.9 Å². The molecule has 2 atom stereocenters. The number of carbonyl (C=O) groups is 2. The van der Waals surface area contributed by atoms with Crippen molar-refractivity contribution in [2.75, 3.05) is 12.3 Å². The molecule has 0 aliphatic rings. The summed E-state index contributed by atoms with van der Waals surface area (Å²) in [4.78, 5) is 27.6. The highest BCUT2D eigenvalue weighted by atomic mass is 32.3. The second-order valence-electron chi connectivity index (χ2n) is 19.5. The number of benzene rings is 10. The maximum absolute atomic E-state index is 13.8. The van der Waals surface area contributed by atoms with Crippen molar-refractivity contribution in [3.63, 3.8) is 0 Å². The van der Waals surface area contributed by atoms with Crippen LogP contribution < -0.4 is 31.8 Å². The van der Waals surface area contributed by atoms with Crippen molar-refractivity contribution >= 4 is 68.3 Å². The topological polar surface area (TPSA) is 155 Å². The second-order valence-corrected chi connectivity index (χ2v) is 27.6. The standard InChI is InChI=1S/2C35H32O2P.H2O4S/c2*36-34(29-17-6-1-7-18-29)35(37,30-19-8-2-9-20-30)27-16-28-38(31-21-10-3-11-22-31,32-23-12-4-13-24-32)33-25-14-5-15-26-33;1-5(2,3)4/h2*1-15,17-26,37H,16,27-28H2;(H2,1,2,3,4)/q2*+1;/p-2. The van der Waals surface area contributed by atoms with Gasteiger partial charge in [-0.05, 0) is 110 Å². The van der Waals surface area contributed by atoms with E-state index < -0.39 is 36.1 Å². The summed E-state index contributed by atoms with van der Waals surface area (Å²) in [5, 5.41) is 32.0. The molecule has 11 heteroatoms. The summed E-state index contributed by atoms with van der Waals surface area (Å²) in [7, 11) is -9.28. The summed E-state index contributed by atoms with van der Waals surface area (Å²) in [5.74, 6) is -0.514. The summed E-state index contributed by atoms with van der Waals surface area (Å²) >= 11 is 0. The Kier molecular flexibility index (Phi) is 20.5. The van der Waals surface area contributed by atoms with Crippen molar-refractivity contribution in [2.45, 2.75) is 36.9 Å². The third-order valence-corrected chi connectivity index (χ3v) is 23.6. The Morgan fingerprint density at radius 1 is 0.321 bits per heavy atom. The summed E-state index contributed by atoms with van der Waals surface area (Å²) in [6.45, 7) is 0. The molecule has 0 bridgehead atoms. The lowest BCUT2D eigenvalue weighted by Crippen LogP contribution is -2.38. The molecule has 81 heavy (non-hydrogen) atoms. The largest absolute Gasteiger partial charge is 0.759 e. The van der Waals surface area contributed by atoms with Gasteiger partial charge < -0.3 is 19.3 Å². The Morgan fingerprint density at radius 3 is 0.691 bits per heavy atom. The average molecular weight is 1130 g/mol. The van der Waals surface area contributed by atoms with Crippen LogP contribution in [-0.2, 0) is 21.6 Å². The fraction of sp³-hybridized carbons (Fsp3) is 0.114. The molecule has 0 heterocycles. The molecule has 10 aromatic rings. The highest BCUT2D eigenvalue weighted by molar-refractivity contribution is 7.96. The van der Waals surface area contributed by atoms with E-state index in [1.807, 2.05) is 97.1 Å². The van der Waals surface area contributed by atoms with Crippen LogP contribution in [0.15, 0.2) is 303 Å². The van der Waals surface area contributed by atoms with Gasteiger partial charge in [-0.3, -0.25) is 18.0 Å². The second kappa shape index (κ2) is 28.1. The van der Waals surface area contributed by atoms with Gasteiger partial charge in [0.25, 0.3) is 0 Å². The Morgan fingerprint density at radius 2 is 0.494 bits per heavy atom. The van der Waals surface area contributed by atoms with Crippen molar-refractivity contribution < 1.29 is 37.3 Å². The molecule has 408 valence electrons. The molecule has 0 aliphatic heterocycles. The molecule has 0 spiro atoms. The van der Waals surface area contributed by atoms with E-state index in [1.165, 1.54) is 31.8 Å². The van der Waals surface area contributed by atoms with Gasteiger partial charge in [-0.2, -0.15) is 0 Å². The third-order valence-electron chi connectivity index (χ3n) is 14.6. The van der Waals surface area contributed by atoms with Crippen LogP contribution in [0.3, 0.4) is 0 Å². The summed E-state index contributed by atoms with van der Waals surface area (Å²) in [5.41, 5.74) is -0.901. The first-order valence-electron chi connectivity index (χ1n) is 26.8. The van der Waals surface area contributed by atoms with Gasteiger partial charge in [0.15, 0.2) is 22.8 Å². The van der Waals surface area contributed by atoms with E-state index in [2.05, 4.69) is 182 Å². The van der Waals surface area contributed by atoms with E-state index in [1.54, 1.807) is 24.3 Å². The lowest BCUT2D eigenvalue weighted by Gasteiger charge is -2.31. The lowest BCUT2D eigenvalue weighted by atomic mass is 9.82. The first-order valence-corrected chi connectivity index (χ1v) is 32.1. The number of carbonyl (C=O) groups excluding carboxylic acids is 2. The summed E-state index contributed by atoms with van der Waals surface area (Å²) in [6.07, 6.45) is 3.69. The Balaban J connectivity index is 0.000000196. The van der Waals surface area contributed by atoms with Crippen molar-refractivity contribution in [3.05, 3.63) is 326 Å². The predicted octanol–water partition coefficient (Wildman–Crippen LogP) is 11.7. The molecule has 10 rings (SSSR count). The maximum atomic E-state index is 13.8. The molecule has 0 saturated carbocycles. The number of aliphatic hydroxyl groups is 2. The third kappa shape index (κ3) is 14.6. The zero-order valence-electron chi connectivity index (χ0n) is 44.8. The fourth-order valence-corrected chi connectivity index (χ4v) is 19.5. The van der Waals surface area contributed by atoms with Crippen LogP contribution in [0, 0.1) is 0 Å². The van der Waals surface area contributed by atoms with Gasteiger partial charge in [0.1, 0.15) is 46.4 Å². The monoisotopic (exact) mass is 1130 g/mol. The molecule has 2 N–H and O–H groups in total. The normalized spacial score (nSPS) is 12.9. The Hall–Kier alpha value is -7.81. The SMILES string of the molecule is O=C(c1ccccc1)C(O)(CCC[P+](c1ccccc1)(c1ccccc1)c1ccccc1)c1ccccc1.O=C(c1ccccc1)C(O)(CCC[P+](c1ccccc1)(c1ccccc1)c1ccccc1)c1ccccc1.O=S(=O)([O-])[O-]. The van der Waals surface area contributed by atoms with Crippen molar-refractivity contribution in [1.82, 2.24) is 0 Å². The van der Waals surface area contributed by atoms with Gasteiger partial charge >= 0.3 is 0 Å². The summed E-state index contributed by atoms with van der Waals surface area (Å²) in [6, 6.07) is 101. The fourth-order valence-electron chi connectivity index (χ4n) is 10.8. The highest BCUT2D eigenvalue weighted by Gasteiger charge is 2.48. The van der Waals surface area contributed by atoms with Gasteiger partial charge in [0.2, 0.25) is 0 Å². The molecule has 0 amide bonds. The van der Waals surface area contributed by atoms with Crippen molar-refractivity contribution in [1.29, 1.82) is 0 Å². The number of hydrogen-bond acceptors (Lipinski definition) is 8. The Bertz CT molecular complexity index is 3180. The highest BCUT2D eigenvalue weighted by Crippen LogP contribution is 2.57. The average Bonchev–Trinajstić information content (AvgIpc) is 3.60. The van der Waals surface area contributed by atoms with E-state index >= 15 is 0 Å². The van der Waals surface area contributed by atoms with Crippen LogP contribution in [0.2, 0.25) is 0 Å². The zero-order chi connectivity index (χ0) is 57.0. The van der Waals surface area contributed by atoms with Crippen LogP contribution in [0.4, 0.5) is 0 Å². The molecule has 0 saturated heterocycles. The van der Waals surface area contributed by atoms with Crippen LogP contribution in [0.5, 0.6) is 0 Å². The van der Waals surface area contributed by atoms with Crippen LogP contribution in [0.1, 0.15) is 57.5 Å². The Labute approximate surface area is 477 Å². The van der Waals surface area contributed by atoms with E-state index in [0.717, 1.165) is 12.3 Å². The molecule has 0 aromatic heterocycles. The molecular formula is C70H64O8P2S. The molecule has 0 fully saturated rings. The number of rotatable bonds is 20. The molecule has 10 aromatic carbocycles. The smallest absolute Gasteiger partial charge is 0.198 e. The van der Waals surface area contributed by atoms with Gasteiger partial charge in [-0.15, -0.1) is 0 Å². The minimum atomic E-state index is -5.17. The van der Waals surface area contributed by atoms with Crippen LogP contribution in [-0.4, -0.2) is 51.6 Å². The van der Waals surface area contributed by atoms with Crippen molar-refractivity contribution in [2.24, 2.45) is 0 Å². The molecule has 2 unspecified atom stereocenters. The minimum absolute atomic E-state index is 0.257. The first-order chi connectivity index (χ1) is 39.3. The number of Topliss-reactive ketones (excluding diaryl/α,β-unsaturated/α-hetero) is 2. The zero-order valence-corrected chi connectivity index (χ0v) is 47.4. The van der Waals surface area contributed by atoms with Gasteiger partial charge in [-0.1, -0.05) is 231 Å².